The summed E-state index contributed by atoms with van der Waals surface area (Å²) in [6.45, 7) is 7.48. The maximum atomic E-state index is 11.9. The van der Waals surface area contributed by atoms with Crippen molar-refractivity contribution in [3.8, 4) is 0 Å². The van der Waals surface area contributed by atoms with Crippen molar-refractivity contribution in [2.75, 3.05) is 72.2 Å². The summed E-state index contributed by atoms with van der Waals surface area (Å²) in [5.41, 5.74) is 0. The van der Waals surface area contributed by atoms with Gasteiger partial charge in [0, 0.05) is 81.6 Å². The lowest BCUT2D eigenvalue weighted by Crippen LogP contribution is -2.63. The molecule has 3 aliphatic rings. The molecule has 3 saturated heterocycles. The predicted molar refractivity (Wildman–Crippen MR) is 121 cm³/mol. The molecule has 2 N–H and O–H groups in total. The van der Waals surface area contributed by atoms with E-state index in [1.807, 2.05) is 24.3 Å². The van der Waals surface area contributed by atoms with Crippen molar-refractivity contribution < 1.29 is 4.79 Å². The highest BCUT2D eigenvalue weighted by molar-refractivity contribution is 7.99. The number of likely N-dealkylation sites (N-methyl/N-ethyl adjacent to an activating group) is 1. The highest BCUT2D eigenvalue weighted by atomic mass is 35.5. The van der Waals surface area contributed by atoms with Gasteiger partial charge in [0.15, 0.2) is 5.96 Å². The van der Waals surface area contributed by atoms with Gasteiger partial charge in [0.25, 0.3) is 0 Å². The number of benzene rings is 1. The summed E-state index contributed by atoms with van der Waals surface area (Å²) in [7, 11) is 3.50. The maximum absolute atomic E-state index is 11.9. The van der Waals surface area contributed by atoms with Crippen LogP contribution in [0.25, 0.3) is 0 Å². The number of aliphatic imine (C=N–C) groups is 1. The third-order valence-electron chi connectivity index (χ3n) is 5.25. The molecule has 2 bridgehead atoms. The van der Waals surface area contributed by atoms with Gasteiger partial charge in [0.05, 0.1) is 0 Å². The Morgan fingerprint density at radius 2 is 1.93 bits per heavy atom. The summed E-state index contributed by atoms with van der Waals surface area (Å²) in [5, 5.41) is 7.57. The number of amides is 1. The van der Waals surface area contributed by atoms with Crippen LogP contribution in [0.5, 0.6) is 0 Å². The van der Waals surface area contributed by atoms with Gasteiger partial charge in [-0.1, -0.05) is 11.6 Å². The predicted octanol–water partition coefficient (Wildman–Crippen LogP) is 1.06. The molecule has 3 aliphatic heterocycles. The minimum Gasteiger partial charge on any atom is -0.356 e. The van der Waals surface area contributed by atoms with Crippen LogP contribution in [0, 0.1) is 0 Å². The van der Waals surface area contributed by atoms with Crippen LogP contribution in [0.3, 0.4) is 0 Å². The normalized spacial score (nSPS) is 23.7. The molecule has 7 nitrogen and oxygen atoms in total. The third-order valence-corrected chi connectivity index (χ3v) is 6.51. The smallest absolute Gasteiger partial charge is 0.243 e. The number of carbonyl (C=O) groups excluding carboxylic acids is 1. The molecular weight excluding hydrogens is 408 g/mol. The van der Waals surface area contributed by atoms with Gasteiger partial charge < -0.3 is 15.5 Å². The van der Waals surface area contributed by atoms with Gasteiger partial charge in [-0.15, -0.1) is 11.8 Å². The molecule has 160 valence electrons. The fourth-order valence-corrected chi connectivity index (χ4v) is 4.36. The Kier molecular flexibility index (Phi) is 8.47. The zero-order valence-electron chi connectivity index (χ0n) is 17.2. The van der Waals surface area contributed by atoms with Gasteiger partial charge in [0.1, 0.15) is 6.54 Å². The van der Waals surface area contributed by atoms with Crippen LogP contribution >= 0.6 is 23.4 Å². The molecule has 0 spiro atoms. The second kappa shape index (κ2) is 11.1. The second-order valence-corrected chi connectivity index (χ2v) is 9.16. The van der Waals surface area contributed by atoms with Crippen LogP contribution in [-0.4, -0.2) is 105 Å². The van der Waals surface area contributed by atoms with Crippen LogP contribution in [0.4, 0.5) is 0 Å². The number of rotatable bonds is 8. The second-order valence-electron chi connectivity index (χ2n) is 7.55. The SMILES string of the molecule is CN(C)C(=O)CN=C(NCCSc1ccc(Cl)cc1)NCC1CN2CCN1CC2. The molecular formula is C20H31ClN6OS. The van der Waals surface area contributed by atoms with Crippen LogP contribution in [0.15, 0.2) is 34.2 Å². The lowest BCUT2D eigenvalue weighted by molar-refractivity contribution is -0.127. The van der Waals surface area contributed by atoms with Crippen molar-refractivity contribution in [1.29, 1.82) is 0 Å². The van der Waals surface area contributed by atoms with E-state index in [1.54, 1.807) is 30.8 Å². The number of hydrogen-bond acceptors (Lipinski definition) is 5. The van der Waals surface area contributed by atoms with E-state index in [9.17, 15) is 4.79 Å². The van der Waals surface area contributed by atoms with Crippen molar-refractivity contribution >= 4 is 35.2 Å². The molecule has 0 aromatic heterocycles. The number of halogens is 1. The molecule has 9 heteroatoms. The average Bonchev–Trinajstić information content (AvgIpc) is 2.74. The van der Waals surface area contributed by atoms with E-state index in [0.717, 1.165) is 43.5 Å². The minimum absolute atomic E-state index is 0.00627. The number of carbonyl (C=O) groups is 1. The fraction of sp³-hybridized carbons (Fsp3) is 0.600. The Balaban J connectivity index is 1.48. The monoisotopic (exact) mass is 438 g/mol. The molecule has 3 heterocycles. The van der Waals surface area contributed by atoms with Crippen molar-refractivity contribution in [2.45, 2.75) is 10.9 Å². The van der Waals surface area contributed by atoms with E-state index >= 15 is 0 Å². The Bertz CT molecular complexity index is 691. The van der Waals surface area contributed by atoms with Crippen molar-refractivity contribution in [3.05, 3.63) is 29.3 Å². The van der Waals surface area contributed by atoms with E-state index in [-0.39, 0.29) is 12.5 Å². The number of hydrogen-bond donors (Lipinski definition) is 2. The van der Waals surface area contributed by atoms with Gasteiger partial charge >= 0.3 is 0 Å². The van der Waals surface area contributed by atoms with Gasteiger partial charge in [-0.25, -0.2) is 4.99 Å². The van der Waals surface area contributed by atoms with E-state index in [1.165, 1.54) is 18.0 Å². The Morgan fingerprint density at radius 1 is 1.21 bits per heavy atom. The molecule has 1 aromatic rings. The lowest BCUT2D eigenvalue weighted by Gasteiger charge is -2.47. The molecule has 3 fully saturated rings. The third kappa shape index (κ3) is 7.06. The van der Waals surface area contributed by atoms with Crippen LogP contribution in [0.1, 0.15) is 0 Å². The molecule has 1 aromatic carbocycles. The fourth-order valence-electron chi connectivity index (χ4n) is 3.46. The van der Waals surface area contributed by atoms with Crippen LogP contribution in [-0.2, 0) is 4.79 Å². The Labute approximate surface area is 182 Å². The standard InChI is InChI=1S/C20H31ClN6OS/c1-25(2)19(28)14-24-20(22-7-12-29-18-5-3-16(21)4-6-18)23-13-17-15-26-8-10-27(17)11-9-26/h3-6,17H,7-15H2,1-2H3,(H2,22,23,24). The Hall–Kier alpha value is -1.48. The average molecular weight is 439 g/mol. The summed E-state index contributed by atoms with van der Waals surface area (Å²) in [6, 6.07) is 8.36. The largest absolute Gasteiger partial charge is 0.356 e. The first-order chi connectivity index (χ1) is 14.0. The summed E-state index contributed by atoms with van der Waals surface area (Å²) in [6.07, 6.45) is 0. The highest BCUT2D eigenvalue weighted by Gasteiger charge is 2.31. The van der Waals surface area contributed by atoms with Gasteiger partial charge in [-0.3, -0.25) is 14.6 Å². The first-order valence-electron chi connectivity index (χ1n) is 10.1. The van der Waals surface area contributed by atoms with Gasteiger partial charge in [-0.2, -0.15) is 0 Å². The topological polar surface area (TPSA) is 63.2 Å². The summed E-state index contributed by atoms with van der Waals surface area (Å²) >= 11 is 7.70. The number of nitrogens with one attached hydrogen (secondary N) is 2. The number of piperazine rings is 3. The highest BCUT2D eigenvalue weighted by Crippen LogP contribution is 2.19. The first kappa shape index (κ1) is 22.2. The number of fused-ring (bicyclic) bond motifs is 3. The molecule has 1 unspecified atom stereocenters. The summed E-state index contributed by atoms with van der Waals surface area (Å²) in [4.78, 5) is 24.2. The molecule has 0 radical (unpaired) electrons. The number of guanidine groups is 1. The number of nitrogens with zero attached hydrogens (tertiary/aromatic N) is 4. The zero-order valence-corrected chi connectivity index (χ0v) is 18.8. The molecule has 0 saturated carbocycles. The molecule has 0 aliphatic carbocycles. The quantitative estimate of drug-likeness (QED) is 0.274. The van der Waals surface area contributed by atoms with Crippen molar-refractivity contribution in [3.63, 3.8) is 0 Å². The van der Waals surface area contributed by atoms with Crippen LogP contribution in [0.2, 0.25) is 5.02 Å². The maximum Gasteiger partial charge on any atom is 0.243 e. The van der Waals surface area contributed by atoms with E-state index in [2.05, 4.69) is 25.4 Å². The minimum atomic E-state index is -0.00627. The zero-order chi connectivity index (χ0) is 20.6. The molecule has 1 amide bonds. The van der Waals surface area contributed by atoms with E-state index < -0.39 is 0 Å². The van der Waals surface area contributed by atoms with Gasteiger partial charge in [-0.05, 0) is 24.3 Å². The first-order valence-corrected chi connectivity index (χ1v) is 11.4. The van der Waals surface area contributed by atoms with E-state index in [0.29, 0.717) is 12.0 Å². The molecule has 29 heavy (non-hydrogen) atoms. The number of thioether (sulfide) groups is 1. The molecule has 4 rings (SSSR count). The Morgan fingerprint density at radius 3 is 2.55 bits per heavy atom. The lowest BCUT2D eigenvalue weighted by atomic mass is 10.1. The van der Waals surface area contributed by atoms with Crippen LogP contribution < -0.4 is 10.6 Å². The summed E-state index contributed by atoms with van der Waals surface area (Å²) in [5.74, 6) is 1.59. The molecule has 1 atom stereocenters. The van der Waals surface area contributed by atoms with Crippen molar-refractivity contribution in [2.24, 2.45) is 4.99 Å². The van der Waals surface area contributed by atoms with E-state index in [4.69, 9.17) is 11.6 Å². The van der Waals surface area contributed by atoms with Gasteiger partial charge in [0.2, 0.25) is 5.91 Å². The summed E-state index contributed by atoms with van der Waals surface area (Å²) < 4.78 is 0. The van der Waals surface area contributed by atoms with Crippen molar-refractivity contribution in [1.82, 2.24) is 25.3 Å².